The molecule has 0 N–H and O–H groups in total. The van der Waals surface area contributed by atoms with Crippen molar-refractivity contribution in [3.8, 4) is 0 Å². The quantitative estimate of drug-likeness (QED) is 0.764. The van der Waals surface area contributed by atoms with Crippen molar-refractivity contribution in [2.45, 2.75) is 6.92 Å². The summed E-state index contributed by atoms with van der Waals surface area (Å²) >= 11 is 0. The zero-order chi connectivity index (χ0) is 13.1. The number of ketones is 1. The van der Waals surface area contributed by atoms with Crippen molar-refractivity contribution < 1.29 is 14.7 Å². The fourth-order valence-electron chi connectivity index (χ4n) is 1.72. The lowest BCUT2D eigenvalue weighted by Gasteiger charge is -2.09. The number of hydrogen-bond donors (Lipinski definition) is 0. The first-order valence-corrected chi connectivity index (χ1v) is 5.51. The largest absolute Gasteiger partial charge is 0.545 e. The third-order valence-electron chi connectivity index (χ3n) is 2.71. The lowest BCUT2D eigenvalue weighted by molar-refractivity contribution is -0.255. The third-order valence-corrected chi connectivity index (χ3v) is 2.71. The Morgan fingerprint density at radius 1 is 0.889 bits per heavy atom. The molecule has 3 heteroatoms. The highest BCUT2D eigenvalue weighted by Gasteiger charge is 2.13. The highest BCUT2D eigenvalue weighted by Crippen LogP contribution is 2.14. The summed E-state index contributed by atoms with van der Waals surface area (Å²) in [7, 11) is 0. The van der Waals surface area contributed by atoms with Gasteiger partial charge in [-0.05, 0) is 6.92 Å². The summed E-state index contributed by atoms with van der Waals surface area (Å²) < 4.78 is 0. The fourth-order valence-corrected chi connectivity index (χ4v) is 1.72. The van der Waals surface area contributed by atoms with Crippen molar-refractivity contribution in [1.82, 2.24) is 0 Å². The summed E-state index contributed by atoms with van der Waals surface area (Å²) in [5, 5.41) is 10.9. The van der Waals surface area contributed by atoms with Crippen LogP contribution in [0.1, 0.15) is 31.8 Å². The standard InChI is InChI=1S/C15H12O3/c1-10-6-8-11(9-7-10)14(16)12-4-2-3-5-13(12)15(17)18/h2-9H,1H3,(H,17,18)/p-1. The van der Waals surface area contributed by atoms with Crippen LogP contribution in [-0.2, 0) is 0 Å². The van der Waals surface area contributed by atoms with Crippen molar-refractivity contribution >= 4 is 11.8 Å². The second kappa shape index (κ2) is 4.84. The summed E-state index contributed by atoms with van der Waals surface area (Å²) in [6.45, 7) is 1.92. The number of carboxylic acid groups (broad SMARTS) is 1. The van der Waals surface area contributed by atoms with Crippen LogP contribution in [0, 0.1) is 6.92 Å². The van der Waals surface area contributed by atoms with E-state index in [0.29, 0.717) is 5.56 Å². The molecule has 0 aliphatic rings. The number of carbonyl (C=O) groups is 2. The van der Waals surface area contributed by atoms with Crippen molar-refractivity contribution in [1.29, 1.82) is 0 Å². The van der Waals surface area contributed by atoms with Gasteiger partial charge in [0.2, 0.25) is 0 Å². The molecule has 0 radical (unpaired) electrons. The van der Waals surface area contributed by atoms with Gasteiger partial charge in [0.05, 0.1) is 5.97 Å². The maximum atomic E-state index is 12.2. The Bertz CT molecular complexity index is 597. The third kappa shape index (κ3) is 2.30. The van der Waals surface area contributed by atoms with Crippen LogP contribution < -0.4 is 5.11 Å². The van der Waals surface area contributed by atoms with E-state index in [-0.39, 0.29) is 16.9 Å². The van der Waals surface area contributed by atoms with Crippen LogP contribution in [0.15, 0.2) is 48.5 Å². The Labute approximate surface area is 105 Å². The van der Waals surface area contributed by atoms with Crippen molar-refractivity contribution in [2.24, 2.45) is 0 Å². The van der Waals surface area contributed by atoms with E-state index in [9.17, 15) is 14.7 Å². The fraction of sp³-hybridized carbons (Fsp3) is 0.0667. The first-order valence-electron chi connectivity index (χ1n) is 5.51. The predicted molar refractivity (Wildman–Crippen MR) is 65.4 cm³/mol. The SMILES string of the molecule is Cc1ccc(C(=O)c2ccccc2C(=O)[O-])cc1. The Morgan fingerprint density at radius 2 is 1.44 bits per heavy atom. The molecule has 0 bridgehead atoms. The van der Waals surface area contributed by atoms with Crippen LogP contribution in [-0.4, -0.2) is 11.8 Å². The van der Waals surface area contributed by atoms with Crippen molar-refractivity contribution in [3.05, 3.63) is 70.8 Å². The number of benzene rings is 2. The monoisotopic (exact) mass is 239 g/mol. The molecule has 2 rings (SSSR count). The molecule has 0 aromatic heterocycles. The summed E-state index contributed by atoms with van der Waals surface area (Å²) in [5.41, 5.74) is 1.58. The summed E-state index contributed by atoms with van der Waals surface area (Å²) in [6.07, 6.45) is 0. The van der Waals surface area contributed by atoms with E-state index >= 15 is 0 Å². The van der Waals surface area contributed by atoms with Gasteiger partial charge in [-0.3, -0.25) is 4.79 Å². The normalized spacial score (nSPS) is 10.1. The van der Waals surface area contributed by atoms with Gasteiger partial charge in [0.1, 0.15) is 0 Å². The topological polar surface area (TPSA) is 57.2 Å². The number of aryl methyl sites for hydroxylation is 1. The molecule has 0 saturated carbocycles. The van der Waals surface area contributed by atoms with E-state index in [4.69, 9.17) is 0 Å². The molecule has 90 valence electrons. The molecule has 0 aliphatic heterocycles. The molecule has 0 amide bonds. The zero-order valence-corrected chi connectivity index (χ0v) is 9.84. The second-order valence-electron chi connectivity index (χ2n) is 4.03. The maximum Gasteiger partial charge on any atom is 0.193 e. The highest BCUT2D eigenvalue weighted by molar-refractivity contribution is 6.13. The molecule has 0 heterocycles. The Hall–Kier alpha value is -2.42. The van der Waals surface area contributed by atoms with Gasteiger partial charge >= 0.3 is 0 Å². The van der Waals surface area contributed by atoms with Gasteiger partial charge in [-0.15, -0.1) is 0 Å². The molecule has 3 nitrogen and oxygen atoms in total. The molecule has 0 aliphatic carbocycles. The number of rotatable bonds is 3. The van der Waals surface area contributed by atoms with Gasteiger partial charge in [0.15, 0.2) is 5.78 Å². The van der Waals surface area contributed by atoms with Crippen LogP contribution in [0.2, 0.25) is 0 Å². The average Bonchev–Trinajstić information content (AvgIpc) is 2.39. The van der Waals surface area contributed by atoms with Crippen molar-refractivity contribution in [2.75, 3.05) is 0 Å². The molecule has 0 unspecified atom stereocenters. The molecule has 0 spiro atoms. The molecular weight excluding hydrogens is 228 g/mol. The van der Waals surface area contributed by atoms with E-state index in [1.54, 1.807) is 24.3 Å². The van der Waals surface area contributed by atoms with Crippen LogP contribution in [0.3, 0.4) is 0 Å². The van der Waals surface area contributed by atoms with Crippen molar-refractivity contribution in [3.63, 3.8) is 0 Å². The maximum absolute atomic E-state index is 12.2. The van der Waals surface area contributed by atoms with Crippen LogP contribution >= 0.6 is 0 Å². The molecule has 18 heavy (non-hydrogen) atoms. The summed E-state index contributed by atoms with van der Waals surface area (Å²) in [6, 6.07) is 13.1. The Balaban J connectivity index is 2.46. The highest BCUT2D eigenvalue weighted by atomic mass is 16.4. The van der Waals surface area contributed by atoms with E-state index in [2.05, 4.69) is 0 Å². The smallest absolute Gasteiger partial charge is 0.193 e. The number of carboxylic acids is 1. The van der Waals surface area contributed by atoms with Gasteiger partial charge in [0, 0.05) is 16.7 Å². The molecule has 2 aromatic rings. The molecule has 0 fully saturated rings. The van der Waals surface area contributed by atoms with Crippen LogP contribution in [0.25, 0.3) is 0 Å². The minimum Gasteiger partial charge on any atom is -0.545 e. The zero-order valence-electron chi connectivity index (χ0n) is 9.84. The number of hydrogen-bond acceptors (Lipinski definition) is 3. The van der Waals surface area contributed by atoms with Gasteiger partial charge in [-0.25, -0.2) is 0 Å². The summed E-state index contributed by atoms with van der Waals surface area (Å²) in [5.74, 6) is -1.65. The average molecular weight is 239 g/mol. The molecule has 0 saturated heterocycles. The first kappa shape index (κ1) is 12.0. The predicted octanol–water partition coefficient (Wildman–Crippen LogP) is 1.59. The molecule has 2 aromatic carbocycles. The lowest BCUT2D eigenvalue weighted by atomic mass is 9.98. The molecular formula is C15H11O3-. The minimum atomic E-state index is -1.34. The second-order valence-corrected chi connectivity index (χ2v) is 4.03. The Morgan fingerprint density at radius 3 is 2.00 bits per heavy atom. The van der Waals surface area contributed by atoms with E-state index < -0.39 is 5.97 Å². The van der Waals surface area contributed by atoms with Gasteiger partial charge in [0.25, 0.3) is 0 Å². The summed E-state index contributed by atoms with van der Waals surface area (Å²) in [4.78, 5) is 23.1. The van der Waals surface area contributed by atoms with E-state index in [1.165, 1.54) is 12.1 Å². The van der Waals surface area contributed by atoms with Gasteiger partial charge < -0.3 is 9.90 Å². The van der Waals surface area contributed by atoms with E-state index in [0.717, 1.165) is 5.56 Å². The van der Waals surface area contributed by atoms with Crippen LogP contribution in [0.5, 0.6) is 0 Å². The van der Waals surface area contributed by atoms with Gasteiger partial charge in [-0.2, -0.15) is 0 Å². The number of carbonyl (C=O) groups excluding carboxylic acids is 2. The number of aromatic carboxylic acids is 1. The van der Waals surface area contributed by atoms with E-state index in [1.807, 2.05) is 19.1 Å². The van der Waals surface area contributed by atoms with Crippen LogP contribution in [0.4, 0.5) is 0 Å². The first-order chi connectivity index (χ1) is 8.59. The Kier molecular flexibility index (Phi) is 3.24. The lowest BCUT2D eigenvalue weighted by Crippen LogP contribution is -2.25. The molecule has 0 atom stereocenters. The van der Waals surface area contributed by atoms with Gasteiger partial charge in [-0.1, -0.05) is 54.1 Å². The minimum absolute atomic E-state index is 0.0805.